The van der Waals surface area contributed by atoms with Gasteiger partial charge in [-0.1, -0.05) is 17.7 Å². The fourth-order valence-corrected chi connectivity index (χ4v) is 1.93. The molecule has 0 aliphatic heterocycles. The molecule has 0 saturated carbocycles. The average Bonchev–Trinajstić information content (AvgIpc) is 2.91. The summed E-state index contributed by atoms with van der Waals surface area (Å²) in [7, 11) is 0. The van der Waals surface area contributed by atoms with Crippen molar-refractivity contribution in [3.8, 4) is 17.4 Å². The molecule has 1 N–H and O–H groups in total. The molecule has 0 atom stereocenters. The van der Waals surface area contributed by atoms with Gasteiger partial charge in [-0.15, -0.1) is 0 Å². The zero-order valence-corrected chi connectivity index (χ0v) is 13.0. The Balaban J connectivity index is 2.08. The summed E-state index contributed by atoms with van der Waals surface area (Å²) in [6.45, 7) is 0. The molecule has 0 unspecified atom stereocenters. The smallest absolute Gasteiger partial charge is 0.254 e. The highest BCUT2D eigenvalue weighted by atomic mass is 79.9. The molecule has 0 aliphatic carbocycles. The predicted molar refractivity (Wildman–Crippen MR) is 82.8 cm³/mol. The van der Waals surface area contributed by atoms with Crippen LogP contribution in [0.15, 0.2) is 44.3 Å². The molecule has 106 valence electrons. The van der Waals surface area contributed by atoms with E-state index in [4.69, 9.17) is 21.3 Å². The van der Waals surface area contributed by atoms with E-state index < -0.39 is 5.91 Å². The zero-order valence-electron chi connectivity index (χ0n) is 10.6. The summed E-state index contributed by atoms with van der Waals surface area (Å²) in [5, 5.41) is 12.6. The van der Waals surface area contributed by atoms with Gasteiger partial charge in [0.2, 0.25) is 0 Å². The van der Waals surface area contributed by atoms with Crippen LogP contribution in [0.1, 0.15) is 12.2 Å². The van der Waals surface area contributed by atoms with Crippen LogP contribution in [-0.4, -0.2) is 12.1 Å². The van der Waals surface area contributed by atoms with Gasteiger partial charge in [0.1, 0.15) is 17.9 Å². The lowest BCUT2D eigenvalue weighted by atomic mass is 10.2. The Morgan fingerprint density at radius 1 is 1.48 bits per heavy atom. The largest absolute Gasteiger partial charge is 0.455 e. The summed E-state index contributed by atoms with van der Waals surface area (Å²) in [5.41, 5.74) is 3.05. The minimum atomic E-state index is -0.472. The van der Waals surface area contributed by atoms with Crippen LogP contribution >= 0.6 is 27.5 Å². The topological polar surface area (TPSA) is 78.4 Å². The van der Waals surface area contributed by atoms with Crippen molar-refractivity contribution in [1.82, 2.24) is 5.43 Å². The van der Waals surface area contributed by atoms with E-state index in [-0.39, 0.29) is 6.42 Å². The number of hydrogen-bond acceptors (Lipinski definition) is 4. The van der Waals surface area contributed by atoms with E-state index in [0.29, 0.717) is 16.5 Å². The van der Waals surface area contributed by atoms with Crippen LogP contribution in [-0.2, 0) is 4.79 Å². The minimum absolute atomic E-state index is 0.238. The number of furan rings is 1. The van der Waals surface area contributed by atoms with Gasteiger partial charge in [-0.2, -0.15) is 10.4 Å². The first-order valence-corrected chi connectivity index (χ1v) is 7.01. The van der Waals surface area contributed by atoms with E-state index in [0.717, 1.165) is 10.0 Å². The van der Waals surface area contributed by atoms with Crippen LogP contribution in [0.2, 0.25) is 5.02 Å². The molecule has 5 nitrogen and oxygen atoms in total. The summed E-state index contributed by atoms with van der Waals surface area (Å²) < 4.78 is 6.37. The van der Waals surface area contributed by atoms with Gasteiger partial charge in [0, 0.05) is 10.0 Å². The minimum Gasteiger partial charge on any atom is -0.455 e. The molecule has 0 bridgehead atoms. The molecule has 1 heterocycles. The van der Waals surface area contributed by atoms with Crippen LogP contribution in [0, 0.1) is 11.3 Å². The highest BCUT2D eigenvalue weighted by Gasteiger charge is 2.06. The second kappa shape index (κ2) is 7.07. The number of carbonyl (C=O) groups excluding carboxylic acids is 1. The van der Waals surface area contributed by atoms with Gasteiger partial charge < -0.3 is 4.42 Å². The van der Waals surface area contributed by atoms with E-state index in [1.54, 1.807) is 24.3 Å². The lowest BCUT2D eigenvalue weighted by molar-refractivity contribution is -0.120. The molecule has 1 aromatic carbocycles. The lowest BCUT2D eigenvalue weighted by Crippen LogP contribution is -2.15. The molecule has 0 fully saturated rings. The predicted octanol–water partition coefficient (Wildman–Crippen LogP) is 3.73. The molecular formula is C14H9BrClN3O2. The van der Waals surface area contributed by atoms with Crippen molar-refractivity contribution in [2.24, 2.45) is 5.10 Å². The monoisotopic (exact) mass is 365 g/mol. The van der Waals surface area contributed by atoms with Crippen molar-refractivity contribution < 1.29 is 9.21 Å². The second-order valence-corrected chi connectivity index (χ2v) is 5.22. The average molecular weight is 367 g/mol. The van der Waals surface area contributed by atoms with Crippen LogP contribution in [0.5, 0.6) is 0 Å². The van der Waals surface area contributed by atoms with E-state index in [2.05, 4.69) is 26.5 Å². The molecule has 0 aliphatic rings. The highest BCUT2D eigenvalue weighted by molar-refractivity contribution is 9.10. The fraction of sp³-hybridized carbons (Fsp3) is 0.0714. The maximum Gasteiger partial charge on any atom is 0.254 e. The van der Waals surface area contributed by atoms with Crippen molar-refractivity contribution in [1.29, 1.82) is 5.26 Å². The Morgan fingerprint density at radius 3 is 3.00 bits per heavy atom. The van der Waals surface area contributed by atoms with Crippen molar-refractivity contribution >= 4 is 39.7 Å². The summed E-state index contributed by atoms with van der Waals surface area (Å²) in [6, 6.07) is 10.7. The van der Waals surface area contributed by atoms with Crippen molar-refractivity contribution in [3.05, 3.63) is 45.6 Å². The van der Waals surface area contributed by atoms with Crippen LogP contribution in [0.4, 0.5) is 0 Å². The Kier molecular flexibility index (Phi) is 5.14. The van der Waals surface area contributed by atoms with Gasteiger partial charge >= 0.3 is 0 Å². The first kappa shape index (κ1) is 15.3. The number of carbonyl (C=O) groups is 1. The van der Waals surface area contributed by atoms with Gasteiger partial charge in [0.05, 0.1) is 17.3 Å². The molecular weight excluding hydrogens is 358 g/mol. The summed E-state index contributed by atoms with van der Waals surface area (Å²) in [4.78, 5) is 11.0. The molecule has 21 heavy (non-hydrogen) atoms. The molecule has 0 spiro atoms. The lowest BCUT2D eigenvalue weighted by Gasteiger charge is -1.99. The SMILES string of the molecule is N#CCC(=O)N/N=C\c1ccc(-c2ccc(Br)c(Cl)c2)o1. The molecule has 2 rings (SSSR count). The number of rotatable bonds is 4. The van der Waals surface area contributed by atoms with Gasteiger partial charge in [0.15, 0.2) is 0 Å². The summed E-state index contributed by atoms with van der Waals surface area (Å²) >= 11 is 9.35. The summed E-state index contributed by atoms with van der Waals surface area (Å²) in [5.74, 6) is 0.635. The maximum atomic E-state index is 11.0. The Bertz CT molecular complexity index is 734. The van der Waals surface area contributed by atoms with E-state index >= 15 is 0 Å². The van der Waals surface area contributed by atoms with E-state index in [1.165, 1.54) is 6.21 Å². The fourth-order valence-electron chi connectivity index (χ4n) is 1.51. The molecule has 0 radical (unpaired) electrons. The number of hydrogen-bond donors (Lipinski definition) is 1. The van der Waals surface area contributed by atoms with E-state index in [9.17, 15) is 4.79 Å². The normalized spacial score (nSPS) is 10.5. The number of amides is 1. The van der Waals surface area contributed by atoms with Crippen molar-refractivity contribution in [3.63, 3.8) is 0 Å². The van der Waals surface area contributed by atoms with Crippen molar-refractivity contribution in [2.75, 3.05) is 0 Å². The number of hydrazone groups is 1. The number of nitrogens with zero attached hydrogens (tertiary/aromatic N) is 2. The maximum absolute atomic E-state index is 11.0. The van der Waals surface area contributed by atoms with Crippen LogP contribution in [0.3, 0.4) is 0 Å². The Morgan fingerprint density at radius 2 is 2.29 bits per heavy atom. The molecule has 7 heteroatoms. The van der Waals surface area contributed by atoms with Gasteiger partial charge in [-0.3, -0.25) is 4.79 Å². The van der Waals surface area contributed by atoms with Gasteiger partial charge in [-0.25, -0.2) is 5.43 Å². The number of nitrogens with one attached hydrogen (secondary N) is 1. The third-order valence-corrected chi connectivity index (χ3v) is 3.68. The molecule has 2 aromatic rings. The first-order valence-electron chi connectivity index (χ1n) is 5.84. The third-order valence-electron chi connectivity index (χ3n) is 2.45. The van der Waals surface area contributed by atoms with E-state index in [1.807, 2.05) is 12.1 Å². The van der Waals surface area contributed by atoms with Crippen molar-refractivity contribution in [2.45, 2.75) is 6.42 Å². The quantitative estimate of drug-likeness (QED) is 0.661. The molecule has 1 aromatic heterocycles. The second-order valence-electron chi connectivity index (χ2n) is 3.96. The van der Waals surface area contributed by atoms with Crippen LogP contribution < -0.4 is 5.43 Å². The van der Waals surface area contributed by atoms with Gasteiger partial charge in [-0.05, 0) is 40.2 Å². The number of benzene rings is 1. The Hall–Kier alpha value is -2.10. The standard InChI is InChI=1S/C14H9BrClN3O2/c15-11-3-1-9(7-12(11)16)13-4-2-10(21-13)8-18-19-14(20)5-6-17/h1-4,7-8H,5H2,(H,19,20)/b18-8-. The molecule has 1 amide bonds. The number of halogens is 2. The Labute approximate surface area is 134 Å². The first-order chi connectivity index (χ1) is 10.1. The zero-order chi connectivity index (χ0) is 15.2. The molecule has 0 saturated heterocycles. The van der Waals surface area contributed by atoms with Gasteiger partial charge in [0.25, 0.3) is 5.91 Å². The highest BCUT2D eigenvalue weighted by Crippen LogP contribution is 2.29. The third kappa shape index (κ3) is 4.18. The van der Waals surface area contributed by atoms with Crippen LogP contribution in [0.25, 0.3) is 11.3 Å². The number of nitriles is 1. The summed E-state index contributed by atoms with van der Waals surface area (Å²) in [6.07, 6.45) is 1.12.